The Labute approximate surface area is 223 Å². The fraction of sp³-hybridized carbons (Fsp3) is 0.613. The van der Waals surface area contributed by atoms with Gasteiger partial charge in [0.15, 0.2) is 0 Å². The number of carbonyl (C=O) groups excluding carboxylic acids is 2. The van der Waals surface area contributed by atoms with Crippen molar-refractivity contribution in [2.75, 3.05) is 26.3 Å². The van der Waals surface area contributed by atoms with Gasteiger partial charge in [-0.05, 0) is 56.7 Å². The molecule has 0 atom stereocenters. The van der Waals surface area contributed by atoms with Gasteiger partial charge < -0.3 is 19.1 Å². The van der Waals surface area contributed by atoms with Crippen molar-refractivity contribution in [2.24, 2.45) is 5.92 Å². The van der Waals surface area contributed by atoms with Crippen molar-refractivity contribution >= 4 is 11.8 Å². The van der Waals surface area contributed by atoms with E-state index >= 15 is 0 Å². The van der Waals surface area contributed by atoms with E-state index in [0.717, 1.165) is 57.2 Å². The Morgan fingerprint density at radius 3 is 2.41 bits per heavy atom. The molecule has 2 aliphatic rings. The summed E-state index contributed by atoms with van der Waals surface area (Å²) in [6.45, 7) is 5.43. The lowest BCUT2D eigenvalue weighted by molar-refractivity contribution is -0.145. The van der Waals surface area contributed by atoms with Crippen molar-refractivity contribution in [3.63, 3.8) is 0 Å². The molecule has 0 N–H and O–H groups in total. The Balaban J connectivity index is 1.49. The average molecular weight is 508 g/mol. The summed E-state index contributed by atoms with van der Waals surface area (Å²) < 4.78 is 7.78. The van der Waals surface area contributed by atoms with E-state index in [1.54, 1.807) is 0 Å². The van der Waals surface area contributed by atoms with Crippen LogP contribution in [0, 0.1) is 5.92 Å². The van der Waals surface area contributed by atoms with Gasteiger partial charge in [0.2, 0.25) is 11.8 Å². The van der Waals surface area contributed by atoms with Gasteiger partial charge in [-0.25, -0.2) is 0 Å². The SMILES string of the molecule is CCOCCCN(CC(=O)N(Cc1cccn1Cc1ccccc1)C1CCCCC1)C(=O)C1CCCC1. The predicted octanol–water partition coefficient (Wildman–Crippen LogP) is 5.64. The lowest BCUT2D eigenvalue weighted by atomic mass is 9.94. The van der Waals surface area contributed by atoms with Crippen molar-refractivity contribution in [1.29, 1.82) is 0 Å². The van der Waals surface area contributed by atoms with Crippen LogP contribution in [0.15, 0.2) is 48.7 Å². The van der Waals surface area contributed by atoms with Crippen LogP contribution in [0.3, 0.4) is 0 Å². The summed E-state index contributed by atoms with van der Waals surface area (Å²) in [6, 6.07) is 14.9. The van der Waals surface area contributed by atoms with Gasteiger partial charge in [0, 0.05) is 50.2 Å². The minimum atomic E-state index is 0.0751. The number of carbonyl (C=O) groups is 2. The topological polar surface area (TPSA) is 54.8 Å². The van der Waals surface area contributed by atoms with E-state index in [0.29, 0.717) is 26.3 Å². The summed E-state index contributed by atoms with van der Waals surface area (Å²) >= 11 is 0. The second-order valence-corrected chi connectivity index (χ2v) is 10.7. The first-order chi connectivity index (χ1) is 18.2. The number of aromatic nitrogens is 1. The molecule has 37 heavy (non-hydrogen) atoms. The van der Waals surface area contributed by atoms with Crippen LogP contribution in [0.25, 0.3) is 0 Å². The molecule has 0 saturated heterocycles. The molecule has 0 aliphatic heterocycles. The molecular formula is C31H45N3O3. The van der Waals surface area contributed by atoms with E-state index in [1.165, 1.54) is 24.8 Å². The van der Waals surface area contributed by atoms with Crippen LogP contribution >= 0.6 is 0 Å². The molecule has 2 saturated carbocycles. The van der Waals surface area contributed by atoms with Crippen molar-refractivity contribution in [3.05, 3.63) is 59.9 Å². The van der Waals surface area contributed by atoms with Crippen LogP contribution < -0.4 is 0 Å². The Morgan fingerprint density at radius 1 is 0.946 bits per heavy atom. The fourth-order valence-corrected chi connectivity index (χ4v) is 5.97. The van der Waals surface area contributed by atoms with Crippen LogP contribution in [0.4, 0.5) is 0 Å². The van der Waals surface area contributed by atoms with Gasteiger partial charge in [0.1, 0.15) is 0 Å². The molecule has 6 nitrogen and oxygen atoms in total. The minimum absolute atomic E-state index is 0.0751. The highest BCUT2D eigenvalue weighted by Crippen LogP contribution is 2.28. The molecule has 0 spiro atoms. The highest BCUT2D eigenvalue weighted by molar-refractivity contribution is 5.86. The average Bonchev–Trinajstić information content (AvgIpc) is 3.62. The maximum atomic E-state index is 13.9. The highest BCUT2D eigenvalue weighted by atomic mass is 16.5. The molecule has 1 heterocycles. The molecule has 2 aromatic rings. The number of benzene rings is 1. The van der Waals surface area contributed by atoms with Gasteiger partial charge in [0.05, 0.1) is 13.1 Å². The molecule has 6 heteroatoms. The van der Waals surface area contributed by atoms with Crippen molar-refractivity contribution in [2.45, 2.75) is 90.3 Å². The summed E-state index contributed by atoms with van der Waals surface area (Å²) in [7, 11) is 0. The standard InChI is InChI=1S/C31H45N3O3/c1-2-37-22-12-21-33(31(36)27-15-9-10-16-27)25-30(35)34(28-17-7-4-8-18-28)24-29-19-11-20-32(29)23-26-13-5-3-6-14-26/h3,5-6,11,13-14,19-20,27-28H,2,4,7-10,12,15-18,21-25H2,1H3. The first-order valence-electron chi connectivity index (χ1n) is 14.5. The van der Waals surface area contributed by atoms with E-state index in [9.17, 15) is 9.59 Å². The molecule has 2 fully saturated rings. The first kappa shape index (κ1) is 27.4. The van der Waals surface area contributed by atoms with E-state index in [4.69, 9.17) is 4.74 Å². The Hall–Kier alpha value is -2.60. The lowest BCUT2D eigenvalue weighted by Crippen LogP contribution is -2.48. The summed E-state index contributed by atoms with van der Waals surface area (Å²) in [5.74, 6) is 0.326. The normalized spacial score (nSPS) is 16.7. The smallest absolute Gasteiger partial charge is 0.242 e. The number of ether oxygens (including phenoxy) is 1. The first-order valence-corrected chi connectivity index (χ1v) is 14.5. The predicted molar refractivity (Wildman–Crippen MR) is 147 cm³/mol. The number of hydrogen-bond acceptors (Lipinski definition) is 3. The van der Waals surface area contributed by atoms with Gasteiger partial charge in [-0.15, -0.1) is 0 Å². The maximum absolute atomic E-state index is 13.9. The molecule has 0 radical (unpaired) electrons. The zero-order chi connectivity index (χ0) is 25.9. The van der Waals surface area contributed by atoms with Crippen molar-refractivity contribution in [1.82, 2.24) is 14.4 Å². The van der Waals surface area contributed by atoms with Crippen LogP contribution in [-0.2, 0) is 27.4 Å². The zero-order valence-electron chi connectivity index (χ0n) is 22.7. The van der Waals surface area contributed by atoms with Crippen LogP contribution in [-0.4, -0.2) is 58.5 Å². The van der Waals surface area contributed by atoms with Gasteiger partial charge in [0.25, 0.3) is 0 Å². The molecule has 4 rings (SSSR count). The molecule has 2 amide bonds. The van der Waals surface area contributed by atoms with Crippen LogP contribution in [0.1, 0.15) is 82.4 Å². The van der Waals surface area contributed by atoms with Gasteiger partial charge in [-0.2, -0.15) is 0 Å². The van der Waals surface area contributed by atoms with Crippen LogP contribution in [0.2, 0.25) is 0 Å². The molecular weight excluding hydrogens is 462 g/mol. The fourth-order valence-electron chi connectivity index (χ4n) is 5.97. The molecule has 2 aliphatic carbocycles. The van der Waals surface area contributed by atoms with Gasteiger partial charge >= 0.3 is 0 Å². The van der Waals surface area contributed by atoms with Crippen molar-refractivity contribution in [3.8, 4) is 0 Å². The van der Waals surface area contributed by atoms with Gasteiger partial charge in [-0.1, -0.05) is 62.4 Å². The highest BCUT2D eigenvalue weighted by Gasteiger charge is 2.32. The van der Waals surface area contributed by atoms with E-state index in [1.807, 2.05) is 17.9 Å². The molecule has 0 unspecified atom stereocenters. The van der Waals surface area contributed by atoms with E-state index in [-0.39, 0.29) is 30.3 Å². The monoisotopic (exact) mass is 507 g/mol. The minimum Gasteiger partial charge on any atom is -0.382 e. The largest absolute Gasteiger partial charge is 0.382 e. The summed E-state index contributed by atoms with van der Waals surface area (Å²) in [5.41, 5.74) is 2.39. The molecule has 0 bridgehead atoms. The summed E-state index contributed by atoms with van der Waals surface area (Å²) in [6.07, 6.45) is 12.7. The lowest BCUT2D eigenvalue weighted by Gasteiger charge is -2.36. The van der Waals surface area contributed by atoms with Crippen molar-refractivity contribution < 1.29 is 14.3 Å². The molecule has 1 aromatic carbocycles. The third-order valence-corrected chi connectivity index (χ3v) is 8.05. The third kappa shape index (κ3) is 7.94. The maximum Gasteiger partial charge on any atom is 0.242 e. The number of hydrogen-bond donors (Lipinski definition) is 0. The quantitative estimate of drug-likeness (QED) is 0.330. The number of nitrogens with zero attached hydrogens (tertiary/aromatic N) is 3. The summed E-state index contributed by atoms with van der Waals surface area (Å²) in [5, 5.41) is 0. The van der Waals surface area contributed by atoms with Gasteiger partial charge in [-0.3, -0.25) is 9.59 Å². The second-order valence-electron chi connectivity index (χ2n) is 10.7. The second kappa shape index (κ2) is 14.4. The molecule has 1 aromatic heterocycles. The van der Waals surface area contributed by atoms with E-state index in [2.05, 4.69) is 52.1 Å². The number of rotatable bonds is 13. The van der Waals surface area contributed by atoms with Crippen LogP contribution in [0.5, 0.6) is 0 Å². The Bertz CT molecular complexity index is 961. The molecule has 202 valence electrons. The third-order valence-electron chi connectivity index (χ3n) is 8.05. The Morgan fingerprint density at radius 2 is 1.68 bits per heavy atom. The number of amides is 2. The zero-order valence-corrected chi connectivity index (χ0v) is 22.7. The Kier molecular flexibility index (Phi) is 10.7. The van der Waals surface area contributed by atoms with E-state index < -0.39 is 0 Å². The summed E-state index contributed by atoms with van der Waals surface area (Å²) in [4.78, 5) is 31.3.